The Morgan fingerprint density at radius 1 is 1.39 bits per heavy atom. The van der Waals surface area contributed by atoms with Gasteiger partial charge in [0, 0.05) is 33.7 Å². The van der Waals surface area contributed by atoms with Crippen LogP contribution in [0.1, 0.15) is 5.56 Å². The van der Waals surface area contributed by atoms with E-state index in [4.69, 9.17) is 0 Å². The van der Waals surface area contributed by atoms with Crippen molar-refractivity contribution in [2.75, 3.05) is 27.2 Å². The van der Waals surface area contributed by atoms with Gasteiger partial charge in [-0.15, -0.1) is 0 Å². The molecule has 2 N–H and O–H groups in total. The molecule has 1 aromatic carbocycles. The van der Waals surface area contributed by atoms with E-state index in [0.717, 1.165) is 5.56 Å². The van der Waals surface area contributed by atoms with Gasteiger partial charge in [-0.05, 0) is 33.6 Å². The van der Waals surface area contributed by atoms with E-state index < -0.39 is 0 Å². The number of carbonyl (C=O) groups is 1. The van der Waals surface area contributed by atoms with Crippen molar-refractivity contribution in [1.82, 2.24) is 15.5 Å². The second kappa shape index (κ2) is 7.33. The van der Waals surface area contributed by atoms with Crippen LogP contribution in [0.25, 0.3) is 0 Å². The molecular formula is C12H17BrFN3O. The molecule has 4 nitrogen and oxygen atoms in total. The molecule has 0 aromatic heterocycles. The van der Waals surface area contributed by atoms with Gasteiger partial charge in [-0.25, -0.2) is 9.18 Å². The zero-order valence-corrected chi connectivity index (χ0v) is 12.1. The number of halogens is 2. The molecule has 100 valence electrons. The molecule has 0 aliphatic heterocycles. The van der Waals surface area contributed by atoms with Gasteiger partial charge in [0.05, 0.1) is 4.47 Å². The van der Waals surface area contributed by atoms with Gasteiger partial charge in [0.2, 0.25) is 0 Å². The number of rotatable bonds is 5. The molecule has 0 unspecified atom stereocenters. The van der Waals surface area contributed by atoms with Crippen molar-refractivity contribution in [3.63, 3.8) is 0 Å². The van der Waals surface area contributed by atoms with Gasteiger partial charge in [0.1, 0.15) is 5.82 Å². The van der Waals surface area contributed by atoms with Gasteiger partial charge in [-0.3, -0.25) is 0 Å². The normalized spacial score (nSPS) is 10.2. The third-order valence-corrected chi connectivity index (χ3v) is 2.91. The van der Waals surface area contributed by atoms with E-state index in [1.807, 2.05) is 0 Å². The van der Waals surface area contributed by atoms with Crippen molar-refractivity contribution >= 4 is 22.0 Å². The van der Waals surface area contributed by atoms with Crippen LogP contribution in [-0.4, -0.2) is 38.1 Å². The Morgan fingerprint density at radius 3 is 2.72 bits per heavy atom. The summed E-state index contributed by atoms with van der Waals surface area (Å²) in [6.45, 7) is 1.85. The standard InChI is InChI=1S/C12H17BrFN3O/c1-17(2)12(18)16-6-5-15-8-9-3-4-11(14)10(13)7-9/h3-4,7,15H,5-6,8H2,1-2H3,(H,16,18). The first-order chi connectivity index (χ1) is 8.50. The zero-order chi connectivity index (χ0) is 13.5. The molecule has 0 saturated heterocycles. The molecule has 0 spiro atoms. The third-order valence-electron chi connectivity index (χ3n) is 2.30. The maximum Gasteiger partial charge on any atom is 0.316 e. The lowest BCUT2D eigenvalue weighted by Gasteiger charge is -2.12. The van der Waals surface area contributed by atoms with E-state index in [2.05, 4.69) is 26.6 Å². The minimum absolute atomic E-state index is 0.110. The highest BCUT2D eigenvalue weighted by Crippen LogP contribution is 2.16. The van der Waals surface area contributed by atoms with Crippen LogP contribution in [0.15, 0.2) is 22.7 Å². The topological polar surface area (TPSA) is 44.4 Å². The average molecular weight is 318 g/mol. The first-order valence-corrected chi connectivity index (χ1v) is 6.40. The zero-order valence-electron chi connectivity index (χ0n) is 10.5. The molecule has 0 atom stereocenters. The molecule has 0 aliphatic rings. The highest BCUT2D eigenvalue weighted by Gasteiger charge is 2.02. The lowest BCUT2D eigenvalue weighted by Crippen LogP contribution is -2.38. The highest BCUT2D eigenvalue weighted by atomic mass is 79.9. The van der Waals surface area contributed by atoms with Crippen molar-refractivity contribution in [3.8, 4) is 0 Å². The fourth-order valence-electron chi connectivity index (χ4n) is 1.30. The first-order valence-electron chi connectivity index (χ1n) is 5.60. The first kappa shape index (κ1) is 14.9. The SMILES string of the molecule is CN(C)C(=O)NCCNCc1ccc(F)c(Br)c1. The number of nitrogens with zero attached hydrogens (tertiary/aromatic N) is 1. The van der Waals surface area contributed by atoms with Gasteiger partial charge in [0.25, 0.3) is 0 Å². The maximum absolute atomic E-state index is 13.0. The van der Waals surface area contributed by atoms with Crippen LogP contribution in [0, 0.1) is 5.82 Å². The molecule has 0 heterocycles. The summed E-state index contributed by atoms with van der Waals surface area (Å²) < 4.78 is 13.4. The molecule has 0 saturated carbocycles. The number of urea groups is 1. The molecule has 0 aliphatic carbocycles. The number of carbonyl (C=O) groups excluding carboxylic acids is 1. The van der Waals surface area contributed by atoms with Crippen molar-refractivity contribution < 1.29 is 9.18 Å². The Morgan fingerprint density at radius 2 is 2.11 bits per heavy atom. The Hall–Kier alpha value is -1.14. The maximum atomic E-state index is 13.0. The third kappa shape index (κ3) is 5.01. The van der Waals surface area contributed by atoms with Crippen LogP contribution in [0.4, 0.5) is 9.18 Å². The second-order valence-corrected chi connectivity index (χ2v) is 4.91. The summed E-state index contributed by atoms with van der Waals surface area (Å²) >= 11 is 3.14. The Balaban J connectivity index is 2.22. The lowest BCUT2D eigenvalue weighted by molar-refractivity contribution is 0.217. The van der Waals surface area contributed by atoms with Crippen molar-refractivity contribution in [3.05, 3.63) is 34.1 Å². The summed E-state index contributed by atoms with van der Waals surface area (Å²) in [4.78, 5) is 12.7. The summed E-state index contributed by atoms with van der Waals surface area (Å²) in [5.41, 5.74) is 0.988. The molecule has 1 aromatic rings. The van der Waals surface area contributed by atoms with Gasteiger partial charge in [-0.1, -0.05) is 6.07 Å². The second-order valence-electron chi connectivity index (χ2n) is 4.05. The summed E-state index contributed by atoms with van der Waals surface area (Å²) in [5.74, 6) is -0.267. The predicted molar refractivity (Wildman–Crippen MR) is 72.9 cm³/mol. The van der Waals surface area contributed by atoms with Gasteiger partial charge >= 0.3 is 6.03 Å². The van der Waals surface area contributed by atoms with Crippen LogP contribution in [0.2, 0.25) is 0 Å². The Bertz CT molecular complexity index is 412. The molecule has 18 heavy (non-hydrogen) atoms. The summed E-state index contributed by atoms with van der Waals surface area (Å²) in [5, 5.41) is 5.91. The van der Waals surface area contributed by atoms with Crippen LogP contribution in [0.5, 0.6) is 0 Å². The fraction of sp³-hybridized carbons (Fsp3) is 0.417. The van der Waals surface area contributed by atoms with E-state index in [0.29, 0.717) is 24.1 Å². The minimum Gasteiger partial charge on any atom is -0.337 e. The molecule has 0 bridgehead atoms. The molecule has 2 amide bonds. The Kier molecular flexibility index (Phi) is 6.07. The van der Waals surface area contributed by atoms with Crippen LogP contribution >= 0.6 is 15.9 Å². The smallest absolute Gasteiger partial charge is 0.316 e. The monoisotopic (exact) mass is 317 g/mol. The largest absolute Gasteiger partial charge is 0.337 e. The van der Waals surface area contributed by atoms with Gasteiger partial charge < -0.3 is 15.5 Å². The van der Waals surface area contributed by atoms with E-state index >= 15 is 0 Å². The Labute approximate surface area is 115 Å². The van der Waals surface area contributed by atoms with E-state index in [1.54, 1.807) is 26.2 Å². The number of amides is 2. The fourth-order valence-corrected chi connectivity index (χ4v) is 1.72. The molecule has 0 fully saturated rings. The van der Waals surface area contributed by atoms with E-state index in [-0.39, 0.29) is 11.8 Å². The van der Waals surface area contributed by atoms with Gasteiger partial charge in [-0.2, -0.15) is 0 Å². The number of nitrogens with one attached hydrogen (secondary N) is 2. The predicted octanol–water partition coefficient (Wildman–Crippen LogP) is 1.95. The molecular weight excluding hydrogens is 301 g/mol. The molecule has 0 radical (unpaired) electrons. The molecule has 6 heteroatoms. The van der Waals surface area contributed by atoms with E-state index in [9.17, 15) is 9.18 Å². The van der Waals surface area contributed by atoms with Crippen LogP contribution in [0.3, 0.4) is 0 Å². The summed E-state index contributed by atoms with van der Waals surface area (Å²) in [6, 6.07) is 4.78. The average Bonchev–Trinajstić information content (AvgIpc) is 2.32. The molecule has 1 rings (SSSR count). The number of hydrogen-bond donors (Lipinski definition) is 2. The summed E-state index contributed by atoms with van der Waals surface area (Å²) in [7, 11) is 3.39. The van der Waals surface area contributed by atoms with Gasteiger partial charge in [0.15, 0.2) is 0 Å². The van der Waals surface area contributed by atoms with Crippen molar-refractivity contribution in [1.29, 1.82) is 0 Å². The van der Waals surface area contributed by atoms with Crippen LogP contribution in [-0.2, 0) is 6.54 Å². The summed E-state index contributed by atoms with van der Waals surface area (Å²) in [6.07, 6.45) is 0. The quantitative estimate of drug-likeness (QED) is 0.815. The van der Waals surface area contributed by atoms with Crippen molar-refractivity contribution in [2.24, 2.45) is 0 Å². The van der Waals surface area contributed by atoms with Crippen LogP contribution < -0.4 is 10.6 Å². The number of benzene rings is 1. The lowest BCUT2D eigenvalue weighted by atomic mass is 10.2. The van der Waals surface area contributed by atoms with E-state index in [1.165, 1.54) is 11.0 Å². The highest BCUT2D eigenvalue weighted by molar-refractivity contribution is 9.10. The minimum atomic E-state index is -0.267. The van der Waals surface area contributed by atoms with Crippen molar-refractivity contribution in [2.45, 2.75) is 6.54 Å². The number of hydrogen-bond acceptors (Lipinski definition) is 2.